The summed E-state index contributed by atoms with van der Waals surface area (Å²) in [5.41, 5.74) is 2.07. The fraction of sp³-hybridized carbons (Fsp3) is 0.375. The molecule has 0 saturated carbocycles. The zero-order valence-electron chi connectivity index (χ0n) is 19.0. The fourth-order valence-electron chi connectivity index (χ4n) is 4.11. The number of nitrogens with zero attached hydrogens (tertiary/aromatic N) is 2. The summed E-state index contributed by atoms with van der Waals surface area (Å²) in [5.74, 6) is 1.70. The molecule has 2 aromatic carbocycles. The number of hydrogen-bond donors (Lipinski definition) is 0. The highest BCUT2D eigenvalue weighted by atomic mass is 32.2. The first kappa shape index (κ1) is 23.4. The second-order valence-electron chi connectivity index (χ2n) is 7.86. The first-order valence-corrected chi connectivity index (χ1v) is 13.2. The number of hydrogen-bond acceptors (Lipinski definition) is 8. The molecule has 2 heterocycles. The number of thiazole rings is 1. The highest BCUT2D eigenvalue weighted by molar-refractivity contribution is 7.92. The van der Waals surface area contributed by atoms with E-state index in [2.05, 4.69) is 10.3 Å². The van der Waals surface area contributed by atoms with E-state index < -0.39 is 15.1 Å². The van der Waals surface area contributed by atoms with Gasteiger partial charge in [0.2, 0.25) is 0 Å². The van der Waals surface area contributed by atoms with Gasteiger partial charge >= 0.3 is 0 Å². The largest absolute Gasteiger partial charge is 0.497 e. The second-order valence-corrected chi connectivity index (χ2v) is 10.9. The summed E-state index contributed by atoms with van der Waals surface area (Å²) in [6.07, 6.45) is 1.76. The van der Waals surface area contributed by atoms with Crippen LogP contribution in [0.1, 0.15) is 24.1 Å². The molecule has 1 fully saturated rings. The van der Waals surface area contributed by atoms with Gasteiger partial charge in [-0.1, -0.05) is 18.2 Å². The molecule has 4 rings (SSSR count). The molecule has 176 valence electrons. The molecular weight excluding hydrogens is 460 g/mol. The minimum Gasteiger partial charge on any atom is -0.497 e. The van der Waals surface area contributed by atoms with E-state index in [1.165, 1.54) is 14.2 Å². The Balaban J connectivity index is 1.44. The van der Waals surface area contributed by atoms with Gasteiger partial charge in [-0.25, -0.2) is 13.4 Å². The van der Waals surface area contributed by atoms with E-state index in [9.17, 15) is 8.42 Å². The average molecular weight is 489 g/mol. The zero-order chi connectivity index (χ0) is 23.4. The second kappa shape index (κ2) is 10.0. The highest BCUT2D eigenvalue weighted by Crippen LogP contribution is 2.35. The molecule has 0 N–H and O–H groups in total. The quantitative estimate of drug-likeness (QED) is 0.470. The van der Waals surface area contributed by atoms with Gasteiger partial charge in [0.1, 0.15) is 22.1 Å². The van der Waals surface area contributed by atoms with Crippen molar-refractivity contribution in [1.29, 1.82) is 0 Å². The molecule has 1 aliphatic rings. The van der Waals surface area contributed by atoms with Crippen LogP contribution >= 0.6 is 11.3 Å². The lowest BCUT2D eigenvalue weighted by Crippen LogP contribution is -2.39. The normalized spacial score (nSPS) is 14.8. The molecule has 0 unspecified atom stereocenters. The molecule has 7 nitrogen and oxygen atoms in total. The predicted molar refractivity (Wildman–Crippen MR) is 130 cm³/mol. The molecule has 1 aliphatic heterocycles. The molecule has 9 heteroatoms. The molecule has 0 spiro atoms. The van der Waals surface area contributed by atoms with Crippen molar-refractivity contribution < 1.29 is 22.6 Å². The molecule has 0 bridgehead atoms. The van der Waals surface area contributed by atoms with Gasteiger partial charge in [0.25, 0.3) is 0 Å². The third-order valence-electron chi connectivity index (χ3n) is 5.93. The first-order valence-electron chi connectivity index (χ1n) is 10.7. The van der Waals surface area contributed by atoms with E-state index in [4.69, 9.17) is 19.2 Å². The van der Waals surface area contributed by atoms with Gasteiger partial charge in [-0.15, -0.1) is 11.3 Å². The van der Waals surface area contributed by atoms with Gasteiger partial charge in [-0.2, -0.15) is 0 Å². The van der Waals surface area contributed by atoms with Crippen LogP contribution in [0.4, 0.5) is 5.13 Å². The Labute approximate surface area is 198 Å². The van der Waals surface area contributed by atoms with Crippen LogP contribution in [0.3, 0.4) is 0 Å². The summed E-state index contributed by atoms with van der Waals surface area (Å²) >= 11 is 1.59. The van der Waals surface area contributed by atoms with Crippen molar-refractivity contribution in [3.8, 4) is 17.2 Å². The van der Waals surface area contributed by atoms with Crippen LogP contribution in [-0.2, 0) is 16.3 Å². The molecular formula is C24H28N2O5S2. The number of piperidine rings is 1. The Morgan fingerprint density at radius 3 is 2.42 bits per heavy atom. The van der Waals surface area contributed by atoms with Gasteiger partial charge in [-0.3, -0.25) is 0 Å². The van der Waals surface area contributed by atoms with Crippen LogP contribution in [0.2, 0.25) is 0 Å². The molecule has 0 amide bonds. The van der Waals surface area contributed by atoms with Crippen molar-refractivity contribution in [2.24, 2.45) is 0 Å². The Bertz CT molecular complexity index is 1200. The minimum atomic E-state index is -3.55. The molecule has 0 atom stereocenters. The molecule has 1 aromatic heterocycles. The van der Waals surface area contributed by atoms with Crippen molar-refractivity contribution in [3.05, 3.63) is 59.1 Å². The number of ether oxygens (including phenoxy) is 3. The van der Waals surface area contributed by atoms with Crippen LogP contribution < -0.4 is 19.1 Å². The average Bonchev–Trinajstić information content (AvgIpc) is 3.32. The van der Waals surface area contributed by atoms with Crippen molar-refractivity contribution in [1.82, 2.24) is 4.98 Å². The molecule has 0 radical (unpaired) electrons. The number of methoxy groups -OCH3 is 3. The lowest BCUT2D eigenvalue weighted by molar-refractivity contribution is 0.391. The van der Waals surface area contributed by atoms with Crippen molar-refractivity contribution in [3.63, 3.8) is 0 Å². The van der Waals surface area contributed by atoms with E-state index >= 15 is 0 Å². The number of anilines is 1. The number of aromatic nitrogens is 1. The van der Waals surface area contributed by atoms with E-state index in [0.29, 0.717) is 43.9 Å². The van der Waals surface area contributed by atoms with Crippen LogP contribution in [0.5, 0.6) is 17.2 Å². The van der Waals surface area contributed by atoms with Crippen molar-refractivity contribution in [2.75, 3.05) is 39.3 Å². The fourth-order valence-corrected chi connectivity index (χ4v) is 6.89. The maximum Gasteiger partial charge on any atom is 0.185 e. The Kier molecular flexibility index (Phi) is 7.09. The molecule has 3 aromatic rings. The Hall–Kier alpha value is -2.78. The standard InChI is InChI=1S/C24H28N2O5S2/c1-29-19-8-9-22(31-3)23(15-19)33(27,28)20-10-12-26(13-11-20)24-25-18(16-32-24)14-17-6-4-5-7-21(17)30-2/h4-9,15-16,20H,10-14H2,1-3H3. The number of benzene rings is 2. The zero-order valence-corrected chi connectivity index (χ0v) is 20.6. The summed E-state index contributed by atoms with van der Waals surface area (Å²) in [5, 5.41) is 2.52. The maximum absolute atomic E-state index is 13.4. The van der Waals surface area contributed by atoms with E-state index in [1.807, 2.05) is 24.3 Å². The van der Waals surface area contributed by atoms with Gasteiger partial charge in [0.05, 0.1) is 32.3 Å². The lowest BCUT2D eigenvalue weighted by atomic mass is 10.1. The third kappa shape index (κ3) is 4.94. The SMILES string of the molecule is COc1ccc(OC)c(S(=O)(=O)C2CCN(c3nc(Cc4ccccc4OC)cs3)CC2)c1. The smallest absolute Gasteiger partial charge is 0.185 e. The topological polar surface area (TPSA) is 78.0 Å². The van der Waals surface area contributed by atoms with Crippen LogP contribution in [0, 0.1) is 0 Å². The summed E-state index contributed by atoms with van der Waals surface area (Å²) in [6, 6.07) is 12.8. The summed E-state index contributed by atoms with van der Waals surface area (Å²) in [6.45, 7) is 1.27. The van der Waals surface area contributed by atoms with Gasteiger partial charge in [0, 0.05) is 36.5 Å². The van der Waals surface area contributed by atoms with Gasteiger partial charge < -0.3 is 19.1 Å². The van der Waals surface area contributed by atoms with E-state index in [-0.39, 0.29) is 4.90 Å². The maximum atomic E-state index is 13.4. The summed E-state index contributed by atoms with van der Waals surface area (Å²) in [4.78, 5) is 7.17. The highest BCUT2D eigenvalue weighted by Gasteiger charge is 2.34. The number of para-hydroxylation sites is 1. The number of sulfone groups is 1. The van der Waals surface area contributed by atoms with E-state index in [0.717, 1.165) is 22.1 Å². The Morgan fingerprint density at radius 1 is 1.00 bits per heavy atom. The minimum absolute atomic E-state index is 0.191. The summed E-state index contributed by atoms with van der Waals surface area (Å²) < 4.78 is 42.7. The lowest BCUT2D eigenvalue weighted by Gasteiger charge is -2.31. The predicted octanol–water partition coefficient (Wildman–Crippen LogP) is 4.20. The number of rotatable bonds is 8. The van der Waals surface area contributed by atoms with Crippen LogP contribution in [-0.4, -0.2) is 53.1 Å². The van der Waals surface area contributed by atoms with Crippen LogP contribution in [0.15, 0.2) is 52.7 Å². The summed E-state index contributed by atoms with van der Waals surface area (Å²) in [7, 11) is 1.12. The van der Waals surface area contributed by atoms with Gasteiger partial charge in [0.15, 0.2) is 15.0 Å². The van der Waals surface area contributed by atoms with Crippen LogP contribution in [0.25, 0.3) is 0 Å². The third-order valence-corrected chi connectivity index (χ3v) is 9.16. The van der Waals surface area contributed by atoms with Gasteiger partial charge in [-0.05, 0) is 31.0 Å². The Morgan fingerprint density at radius 2 is 1.73 bits per heavy atom. The van der Waals surface area contributed by atoms with Crippen molar-refractivity contribution >= 4 is 26.3 Å². The van der Waals surface area contributed by atoms with Crippen molar-refractivity contribution in [2.45, 2.75) is 29.4 Å². The monoisotopic (exact) mass is 488 g/mol. The van der Waals surface area contributed by atoms with E-state index in [1.54, 1.807) is 36.6 Å². The molecule has 33 heavy (non-hydrogen) atoms. The first-order chi connectivity index (χ1) is 16.0. The molecule has 0 aliphatic carbocycles. The molecule has 1 saturated heterocycles.